The summed E-state index contributed by atoms with van der Waals surface area (Å²) in [5.41, 5.74) is 2.58. The summed E-state index contributed by atoms with van der Waals surface area (Å²) in [5.74, 6) is 0.935. The van der Waals surface area contributed by atoms with Gasteiger partial charge in [-0.2, -0.15) is 0 Å². The molecule has 1 aromatic heterocycles. The third-order valence-electron chi connectivity index (χ3n) is 3.72. The molecule has 0 fully saturated rings. The Kier molecular flexibility index (Phi) is 6.32. The van der Waals surface area contributed by atoms with Gasteiger partial charge in [-0.3, -0.25) is 4.79 Å². The summed E-state index contributed by atoms with van der Waals surface area (Å²) >= 11 is 0. The highest BCUT2D eigenvalue weighted by Crippen LogP contribution is 2.24. The molecule has 5 nitrogen and oxygen atoms in total. The van der Waals surface area contributed by atoms with Crippen molar-refractivity contribution in [2.24, 2.45) is 0 Å². The average Bonchev–Trinajstić information content (AvgIpc) is 2.55. The summed E-state index contributed by atoms with van der Waals surface area (Å²) in [6, 6.07) is 11.4. The van der Waals surface area contributed by atoms with Gasteiger partial charge in [0.15, 0.2) is 0 Å². The fraction of sp³-hybridized carbons (Fsp3) is 0.368. The quantitative estimate of drug-likeness (QED) is 0.818. The van der Waals surface area contributed by atoms with Gasteiger partial charge in [0, 0.05) is 30.5 Å². The van der Waals surface area contributed by atoms with Crippen molar-refractivity contribution in [2.45, 2.75) is 19.8 Å². The van der Waals surface area contributed by atoms with E-state index in [1.54, 1.807) is 18.3 Å². The zero-order chi connectivity index (χ0) is 17.5. The Hall–Kier alpha value is -2.40. The van der Waals surface area contributed by atoms with Gasteiger partial charge in [0.1, 0.15) is 5.82 Å². The van der Waals surface area contributed by atoms with Crippen molar-refractivity contribution in [1.82, 2.24) is 9.88 Å². The highest BCUT2D eigenvalue weighted by atomic mass is 16.1. The summed E-state index contributed by atoms with van der Waals surface area (Å²) in [5, 5.41) is 6.24. The number of aromatic nitrogens is 1. The maximum absolute atomic E-state index is 12.5. The topological polar surface area (TPSA) is 57.3 Å². The van der Waals surface area contributed by atoms with Gasteiger partial charge < -0.3 is 15.5 Å². The molecule has 0 atom stereocenters. The summed E-state index contributed by atoms with van der Waals surface area (Å²) in [6.07, 6.45) is 1.65. The summed E-state index contributed by atoms with van der Waals surface area (Å²) in [4.78, 5) is 18.9. The fourth-order valence-electron chi connectivity index (χ4n) is 2.38. The monoisotopic (exact) mass is 326 g/mol. The number of hydrogen-bond acceptors (Lipinski definition) is 4. The normalized spacial score (nSPS) is 10.9. The lowest BCUT2D eigenvalue weighted by molar-refractivity contribution is 0.102. The third-order valence-corrected chi connectivity index (χ3v) is 3.72. The molecule has 0 aliphatic heterocycles. The van der Waals surface area contributed by atoms with Crippen LogP contribution in [0, 0.1) is 0 Å². The number of hydrogen-bond donors (Lipinski definition) is 2. The number of benzene rings is 1. The van der Waals surface area contributed by atoms with Crippen LogP contribution in [-0.4, -0.2) is 43.0 Å². The van der Waals surface area contributed by atoms with Crippen LogP contribution < -0.4 is 10.6 Å². The predicted octanol–water partition coefficient (Wildman–Crippen LogP) is 3.43. The van der Waals surface area contributed by atoms with Crippen LogP contribution in [0.25, 0.3) is 0 Å². The van der Waals surface area contributed by atoms with Gasteiger partial charge in [-0.15, -0.1) is 0 Å². The van der Waals surface area contributed by atoms with Crippen molar-refractivity contribution in [2.75, 3.05) is 37.8 Å². The second kappa shape index (κ2) is 8.45. The van der Waals surface area contributed by atoms with Crippen LogP contribution in [0.15, 0.2) is 42.6 Å². The average molecular weight is 326 g/mol. The van der Waals surface area contributed by atoms with E-state index in [-0.39, 0.29) is 5.91 Å². The molecule has 0 saturated heterocycles. The van der Waals surface area contributed by atoms with Crippen LogP contribution in [0.4, 0.5) is 11.5 Å². The number of carbonyl (C=O) groups is 1. The van der Waals surface area contributed by atoms with Crippen LogP contribution >= 0.6 is 0 Å². The van der Waals surface area contributed by atoms with Crippen molar-refractivity contribution in [3.8, 4) is 0 Å². The van der Waals surface area contributed by atoms with Gasteiger partial charge in [-0.1, -0.05) is 32.0 Å². The summed E-state index contributed by atoms with van der Waals surface area (Å²) < 4.78 is 0. The van der Waals surface area contributed by atoms with Crippen LogP contribution in [-0.2, 0) is 0 Å². The molecule has 0 unspecified atom stereocenters. The van der Waals surface area contributed by atoms with Gasteiger partial charge in [0.25, 0.3) is 5.91 Å². The minimum atomic E-state index is -0.124. The zero-order valence-electron chi connectivity index (χ0n) is 14.8. The minimum absolute atomic E-state index is 0.124. The largest absolute Gasteiger partial charge is 0.369 e. The van der Waals surface area contributed by atoms with E-state index in [4.69, 9.17) is 0 Å². The van der Waals surface area contributed by atoms with E-state index in [0.29, 0.717) is 17.3 Å². The molecule has 2 aromatic rings. The van der Waals surface area contributed by atoms with Crippen molar-refractivity contribution in [3.05, 3.63) is 53.7 Å². The van der Waals surface area contributed by atoms with Crippen molar-refractivity contribution >= 4 is 17.4 Å². The second-order valence-corrected chi connectivity index (χ2v) is 6.36. The molecule has 0 radical (unpaired) electrons. The molecule has 0 aliphatic rings. The Morgan fingerprint density at radius 1 is 1.21 bits per heavy atom. The zero-order valence-corrected chi connectivity index (χ0v) is 14.8. The Balaban J connectivity index is 2.08. The molecule has 5 heteroatoms. The SMILES string of the molecule is CC(C)c1ccccc1NC(=O)c1ccnc(NCCN(C)C)c1. The van der Waals surface area contributed by atoms with Gasteiger partial charge in [-0.05, 0) is 43.8 Å². The molecule has 1 heterocycles. The molecule has 0 saturated carbocycles. The molecule has 2 N–H and O–H groups in total. The van der Waals surface area contributed by atoms with Crippen molar-refractivity contribution < 1.29 is 4.79 Å². The number of para-hydroxylation sites is 1. The van der Waals surface area contributed by atoms with Crippen LogP contribution in [0.5, 0.6) is 0 Å². The first kappa shape index (κ1) is 17.9. The first-order valence-electron chi connectivity index (χ1n) is 8.22. The maximum Gasteiger partial charge on any atom is 0.255 e. The number of amides is 1. The molecule has 1 aromatic carbocycles. The molecule has 0 spiro atoms. The second-order valence-electron chi connectivity index (χ2n) is 6.36. The van der Waals surface area contributed by atoms with E-state index >= 15 is 0 Å². The highest BCUT2D eigenvalue weighted by Gasteiger charge is 2.11. The predicted molar refractivity (Wildman–Crippen MR) is 99.8 cm³/mol. The number of rotatable bonds is 7. The Labute approximate surface area is 144 Å². The Morgan fingerprint density at radius 3 is 2.67 bits per heavy atom. The van der Waals surface area contributed by atoms with Crippen molar-refractivity contribution in [3.63, 3.8) is 0 Å². The van der Waals surface area contributed by atoms with E-state index in [1.165, 1.54) is 0 Å². The molecule has 2 rings (SSSR count). The number of nitrogens with zero attached hydrogens (tertiary/aromatic N) is 2. The van der Waals surface area contributed by atoms with E-state index in [9.17, 15) is 4.79 Å². The van der Waals surface area contributed by atoms with E-state index in [1.807, 2.05) is 38.4 Å². The third kappa shape index (κ3) is 5.06. The Morgan fingerprint density at radius 2 is 1.96 bits per heavy atom. The molecular weight excluding hydrogens is 300 g/mol. The number of likely N-dealkylation sites (N-methyl/N-ethyl adjacent to an activating group) is 1. The van der Waals surface area contributed by atoms with Gasteiger partial charge in [-0.25, -0.2) is 4.98 Å². The van der Waals surface area contributed by atoms with Crippen LogP contribution in [0.3, 0.4) is 0 Å². The molecule has 1 amide bonds. The van der Waals surface area contributed by atoms with Gasteiger partial charge >= 0.3 is 0 Å². The smallest absolute Gasteiger partial charge is 0.255 e. The van der Waals surface area contributed by atoms with Crippen molar-refractivity contribution in [1.29, 1.82) is 0 Å². The van der Waals surface area contributed by atoms with E-state index in [2.05, 4.69) is 34.4 Å². The molecule has 24 heavy (non-hydrogen) atoms. The summed E-state index contributed by atoms with van der Waals surface area (Å²) in [6.45, 7) is 5.91. The maximum atomic E-state index is 12.5. The first-order valence-corrected chi connectivity index (χ1v) is 8.22. The molecule has 0 aliphatic carbocycles. The van der Waals surface area contributed by atoms with Crippen LogP contribution in [0.2, 0.25) is 0 Å². The number of carbonyl (C=O) groups excluding carboxylic acids is 1. The lowest BCUT2D eigenvalue weighted by atomic mass is 10.0. The summed E-state index contributed by atoms with van der Waals surface area (Å²) in [7, 11) is 4.04. The van der Waals surface area contributed by atoms with Crippen LogP contribution in [0.1, 0.15) is 35.7 Å². The Bertz CT molecular complexity index is 683. The minimum Gasteiger partial charge on any atom is -0.369 e. The number of pyridine rings is 1. The van der Waals surface area contributed by atoms with E-state index in [0.717, 1.165) is 24.3 Å². The number of anilines is 2. The number of nitrogens with one attached hydrogen (secondary N) is 2. The lowest BCUT2D eigenvalue weighted by Crippen LogP contribution is -2.21. The van der Waals surface area contributed by atoms with E-state index < -0.39 is 0 Å². The molecule has 0 bridgehead atoms. The fourth-order valence-corrected chi connectivity index (χ4v) is 2.38. The molecule has 128 valence electrons. The first-order chi connectivity index (χ1) is 11.5. The standard InChI is InChI=1S/C19H26N4O/c1-14(2)16-7-5-6-8-17(16)22-19(24)15-9-10-20-18(13-15)21-11-12-23(3)4/h5-10,13-14H,11-12H2,1-4H3,(H,20,21)(H,22,24). The van der Waals surface area contributed by atoms with Gasteiger partial charge in [0.05, 0.1) is 0 Å². The molecular formula is C19H26N4O. The van der Waals surface area contributed by atoms with Gasteiger partial charge in [0.2, 0.25) is 0 Å². The highest BCUT2D eigenvalue weighted by molar-refractivity contribution is 6.05. The lowest BCUT2D eigenvalue weighted by Gasteiger charge is -2.14.